The molecule has 1 heteroatoms. The Kier molecular flexibility index (Phi) is 4.60. The minimum atomic E-state index is -1.87. The van der Waals surface area contributed by atoms with E-state index in [0.717, 1.165) is 0 Å². The smallest absolute Gasteiger partial charge is 0.0709 e. The Morgan fingerprint density at radius 3 is 2.18 bits per heavy atom. The van der Waals surface area contributed by atoms with E-state index >= 15 is 0 Å². The molecule has 2 aliphatic rings. The number of hydrogen-bond acceptors (Lipinski definition) is 0. The highest BCUT2D eigenvalue weighted by atomic mass is 28.3. The highest BCUT2D eigenvalue weighted by molar-refractivity contribution is 6.87. The van der Waals surface area contributed by atoms with Crippen LogP contribution in [-0.4, -0.2) is 8.07 Å². The topological polar surface area (TPSA) is 0 Å². The number of benzene rings is 4. The van der Waals surface area contributed by atoms with E-state index < -0.39 is 8.07 Å². The van der Waals surface area contributed by atoms with Crippen molar-refractivity contribution in [3.05, 3.63) is 130 Å². The van der Waals surface area contributed by atoms with Gasteiger partial charge < -0.3 is 0 Å². The van der Waals surface area contributed by atoms with Gasteiger partial charge in [-0.2, -0.15) is 0 Å². The summed E-state index contributed by atoms with van der Waals surface area (Å²) < 4.78 is 0. The average molecular weight is 443 g/mol. The Morgan fingerprint density at radius 1 is 0.697 bits per heavy atom. The Labute approximate surface area is 198 Å². The van der Waals surface area contributed by atoms with Crippen molar-refractivity contribution in [2.24, 2.45) is 0 Å². The number of rotatable bonds is 3. The summed E-state index contributed by atoms with van der Waals surface area (Å²) in [5, 5.41) is 4.43. The molecular weight excluding hydrogens is 412 g/mol. The van der Waals surface area contributed by atoms with Gasteiger partial charge in [-0.15, -0.1) is 0 Å². The van der Waals surface area contributed by atoms with Crippen LogP contribution >= 0.6 is 0 Å². The molecule has 4 aromatic rings. The summed E-state index contributed by atoms with van der Waals surface area (Å²) in [6.07, 6.45) is 2.62. The SMILES string of the molecule is CC1=C([Si](C)(C)C2C=C(c3ccccc3)c3c2ccc2ccccc32)C(C)c2ccccc21. The van der Waals surface area contributed by atoms with Crippen LogP contribution in [-0.2, 0) is 0 Å². The first-order valence-electron chi connectivity index (χ1n) is 12.1. The zero-order valence-corrected chi connectivity index (χ0v) is 20.9. The van der Waals surface area contributed by atoms with Gasteiger partial charge in [-0.05, 0) is 62.6 Å². The standard InChI is InChI=1S/C32H30Si/c1-21-25-15-10-11-16-26(25)22(2)32(21)33(3,4)30-20-29(23-12-6-5-7-13-23)31-27-17-9-8-14-24(27)18-19-28(30)31/h5-21,30H,1-4H3. The Balaban J connectivity index is 1.58. The van der Waals surface area contributed by atoms with E-state index in [-0.39, 0.29) is 0 Å². The highest BCUT2D eigenvalue weighted by Gasteiger charge is 2.45. The van der Waals surface area contributed by atoms with Crippen LogP contribution < -0.4 is 0 Å². The molecule has 0 aliphatic heterocycles. The summed E-state index contributed by atoms with van der Waals surface area (Å²) in [5.41, 5.74) is 10.7. The summed E-state index contributed by atoms with van der Waals surface area (Å²) in [4.78, 5) is 0. The van der Waals surface area contributed by atoms with Gasteiger partial charge in [0.25, 0.3) is 0 Å². The second-order valence-electron chi connectivity index (χ2n) is 10.2. The lowest BCUT2D eigenvalue weighted by molar-refractivity contribution is 0.946. The van der Waals surface area contributed by atoms with Crippen molar-refractivity contribution in [2.75, 3.05) is 0 Å². The largest absolute Gasteiger partial charge is 0.0880 e. The molecule has 2 aliphatic carbocycles. The molecule has 0 radical (unpaired) electrons. The monoisotopic (exact) mass is 442 g/mol. The van der Waals surface area contributed by atoms with Crippen molar-refractivity contribution in [1.29, 1.82) is 0 Å². The minimum absolute atomic E-state index is 0.467. The van der Waals surface area contributed by atoms with Gasteiger partial charge in [-0.3, -0.25) is 0 Å². The zero-order valence-electron chi connectivity index (χ0n) is 19.9. The van der Waals surface area contributed by atoms with Crippen molar-refractivity contribution in [1.82, 2.24) is 0 Å². The Hall–Kier alpha value is -3.16. The van der Waals surface area contributed by atoms with Crippen LogP contribution in [0.1, 0.15) is 53.1 Å². The normalized spacial score (nSPS) is 19.6. The first kappa shape index (κ1) is 20.4. The molecule has 0 N–H and O–H groups in total. The lowest BCUT2D eigenvalue weighted by Crippen LogP contribution is -2.38. The molecule has 4 aromatic carbocycles. The molecule has 0 heterocycles. The molecule has 6 rings (SSSR count). The second kappa shape index (κ2) is 7.43. The molecule has 0 fully saturated rings. The van der Waals surface area contributed by atoms with E-state index in [4.69, 9.17) is 0 Å². The maximum Gasteiger partial charge on any atom is 0.0880 e. The fourth-order valence-corrected chi connectivity index (χ4v) is 11.0. The first-order valence-corrected chi connectivity index (χ1v) is 15.2. The summed E-state index contributed by atoms with van der Waals surface area (Å²) in [6, 6.07) is 33.7. The van der Waals surface area contributed by atoms with E-state index in [2.05, 4.69) is 124 Å². The van der Waals surface area contributed by atoms with Crippen LogP contribution in [0.25, 0.3) is 21.9 Å². The number of hydrogen-bond donors (Lipinski definition) is 0. The van der Waals surface area contributed by atoms with Gasteiger partial charge in [0.1, 0.15) is 0 Å². The van der Waals surface area contributed by atoms with E-state index in [9.17, 15) is 0 Å². The maximum atomic E-state index is 2.62. The molecule has 0 spiro atoms. The van der Waals surface area contributed by atoms with Gasteiger partial charge in [-0.1, -0.05) is 122 Å². The predicted octanol–water partition coefficient (Wildman–Crippen LogP) is 8.75. The van der Waals surface area contributed by atoms with Crippen LogP contribution in [0.15, 0.2) is 102 Å². The lowest BCUT2D eigenvalue weighted by Gasteiger charge is -2.34. The van der Waals surface area contributed by atoms with Gasteiger partial charge in [0.05, 0.1) is 8.07 Å². The van der Waals surface area contributed by atoms with Crippen molar-refractivity contribution in [2.45, 2.75) is 38.4 Å². The fraction of sp³-hybridized carbons (Fsp3) is 0.188. The van der Waals surface area contributed by atoms with Gasteiger partial charge in [0, 0.05) is 5.54 Å². The first-order chi connectivity index (χ1) is 16.0. The molecule has 0 nitrogen and oxygen atoms in total. The lowest BCUT2D eigenvalue weighted by atomic mass is 9.94. The van der Waals surface area contributed by atoms with Gasteiger partial charge in [0.2, 0.25) is 0 Å². The fourth-order valence-electron chi connectivity index (χ4n) is 6.69. The van der Waals surface area contributed by atoms with Crippen molar-refractivity contribution in [3.63, 3.8) is 0 Å². The molecule has 0 bridgehead atoms. The third-order valence-electron chi connectivity index (χ3n) is 8.12. The summed E-state index contributed by atoms with van der Waals surface area (Å²) in [6.45, 7) is 9.99. The highest BCUT2D eigenvalue weighted by Crippen LogP contribution is 2.53. The van der Waals surface area contributed by atoms with E-state index in [1.165, 1.54) is 49.7 Å². The molecule has 0 amide bonds. The number of fused-ring (bicyclic) bond motifs is 4. The van der Waals surface area contributed by atoms with Crippen LogP contribution in [0.5, 0.6) is 0 Å². The maximum absolute atomic E-state index is 2.62. The van der Waals surface area contributed by atoms with Crippen molar-refractivity contribution < 1.29 is 0 Å². The minimum Gasteiger partial charge on any atom is -0.0709 e. The Bertz CT molecular complexity index is 1450. The molecule has 0 aromatic heterocycles. The molecule has 2 atom stereocenters. The quantitative estimate of drug-likeness (QED) is 0.278. The Morgan fingerprint density at radius 2 is 1.39 bits per heavy atom. The van der Waals surface area contributed by atoms with Crippen LogP contribution in [0, 0.1) is 0 Å². The van der Waals surface area contributed by atoms with Crippen molar-refractivity contribution in [3.8, 4) is 0 Å². The molecule has 0 saturated heterocycles. The third-order valence-corrected chi connectivity index (χ3v) is 12.4. The van der Waals surface area contributed by atoms with Gasteiger partial charge >= 0.3 is 0 Å². The third kappa shape index (κ3) is 2.95. The van der Waals surface area contributed by atoms with Crippen LogP contribution in [0.2, 0.25) is 13.1 Å². The van der Waals surface area contributed by atoms with E-state index in [1.54, 1.807) is 5.20 Å². The second-order valence-corrected chi connectivity index (χ2v) is 14.8. The summed E-state index contributed by atoms with van der Waals surface area (Å²) >= 11 is 0. The zero-order chi connectivity index (χ0) is 22.7. The summed E-state index contributed by atoms with van der Waals surface area (Å²) in [5.74, 6) is 0.501. The van der Waals surface area contributed by atoms with Crippen molar-refractivity contribution >= 4 is 30.0 Å². The number of allylic oxidation sites excluding steroid dienone is 3. The van der Waals surface area contributed by atoms with Crippen LogP contribution in [0.4, 0.5) is 0 Å². The predicted molar refractivity (Wildman–Crippen MR) is 145 cm³/mol. The van der Waals surface area contributed by atoms with Gasteiger partial charge in [0.15, 0.2) is 0 Å². The van der Waals surface area contributed by atoms with E-state index in [0.29, 0.717) is 11.5 Å². The summed E-state index contributed by atoms with van der Waals surface area (Å²) in [7, 11) is -1.87. The average Bonchev–Trinajstić information content (AvgIpc) is 3.37. The molecule has 2 unspecified atom stereocenters. The molecule has 0 saturated carbocycles. The molecular formula is C32H30Si. The van der Waals surface area contributed by atoms with E-state index in [1.807, 2.05) is 0 Å². The van der Waals surface area contributed by atoms with Crippen LogP contribution in [0.3, 0.4) is 0 Å². The molecule has 162 valence electrons. The molecule has 33 heavy (non-hydrogen) atoms. The van der Waals surface area contributed by atoms with Gasteiger partial charge in [-0.25, -0.2) is 0 Å².